The van der Waals surface area contributed by atoms with Gasteiger partial charge in [-0.3, -0.25) is 4.79 Å². The van der Waals surface area contributed by atoms with Crippen molar-refractivity contribution in [2.75, 3.05) is 0 Å². The maximum atomic E-state index is 10.9. The zero-order chi connectivity index (χ0) is 16.9. The van der Waals surface area contributed by atoms with Crippen LogP contribution in [0.25, 0.3) is 22.7 Å². The molecule has 0 aliphatic carbocycles. The van der Waals surface area contributed by atoms with E-state index in [4.69, 9.17) is 14.8 Å². The van der Waals surface area contributed by atoms with E-state index in [-0.39, 0.29) is 6.42 Å². The summed E-state index contributed by atoms with van der Waals surface area (Å²) in [5, 5.41) is 18.0. The van der Waals surface area contributed by atoms with Gasteiger partial charge in [-0.1, -0.05) is 24.3 Å². The van der Waals surface area contributed by atoms with Gasteiger partial charge >= 0.3 is 5.97 Å². The molecule has 1 heterocycles. The Morgan fingerprint density at radius 1 is 1.21 bits per heavy atom. The van der Waals surface area contributed by atoms with Crippen LogP contribution < -0.4 is 0 Å². The summed E-state index contributed by atoms with van der Waals surface area (Å²) < 4.78 is 5.75. The van der Waals surface area contributed by atoms with Crippen molar-refractivity contribution in [2.45, 2.75) is 12.8 Å². The van der Waals surface area contributed by atoms with Crippen molar-refractivity contribution < 1.29 is 14.3 Å². The van der Waals surface area contributed by atoms with Gasteiger partial charge in [0.05, 0.1) is 11.6 Å². The largest absolute Gasteiger partial charge is 0.481 e. The minimum absolute atomic E-state index is 0.0253. The number of aliphatic carboxylic acids is 1. The number of carboxylic acid groups (broad SMARTS) is 1. The molecule has 3 aromatic rings. The van der Waals surface area contributed by atoms with Crippen LogP contribution in [0.2, 0.25) is 0 Å². The van der Waals surface area contributed by atoms with Crippen LogP contribution >= 0.6 is 0 Å². The first-order valence-corrected chi connectivity index (χ1v) is 7.44. The van der Waals surface area contributed by atoms with E-state index in [1.165, 1.54) is 0 Å². The van der Waals surface area contributed by atoms with Crippen molar-refractivity contribution in [2.24, 2.45) is 0 Å². The number of carbonyl (C=O) groups is 1. The molecule has 0 unspecified atom stereocenters. The maximum Gasteiger partial charge on any atom is 0.303 e. The number of oxazole rings is 1. The van der Waals surface area contributed by atoms with Gasteiger partial charge in [-0.15, -0.1) is 0 Å². The third-order valence-electron chi connectivity index (χ3n) is 3.53. The number of carboxylic acids is 1. The van der Waals surface area contributed by atoms with Gasteiger partial charge in [0, 0.05) is 12.0 Å². The van der Waals surface area contributed by atoms with Crippen LogP contribution in [0.4, 0.5) is 0 Å². The zero-order valence-corrected chi connectivity index (χ0v) is 12.8. The molecular formula is C19H14N2O3. The predicted molar refractivity (Wildman–Crippen MR) is 89.9 cm³/mol. The molecule has 2 aromatic carbocycles. The molecule has 0 atom stereocenters. The standard InChI is InChI=1S/C19H14N2O3/c20-12-14-5-3-4-13(10-14)11-15(8-9-18(22)23)19-21-16-6-1-2-7-17(16)24-19/h1-7,10-11H,8-9H2,(H,22,23). The van der Waals surface area contributed by atoms with E-state index in [1.54, 1.807) is 18.2 Å². The summed E-state index contributed by atoms with van der Waals surface area (Å²) in [4.78, 5) is 15.4. The van der Waals surface area contributed by atoms with Crippen molar-refractivity contribution in [3.05, 3.63) is 65.5 Å². The lowest BCUT2D eigenvalue weighted by Crippen LogP contribution is -1.96. The monoisotopic (exact) mass is 318 g/mol. The van der Waals surface area contributed by atoms with Crippen molar-refractivity contribution in [1.82, 2.24) is 4.98 Å². The van der Waals surface area contributed by atoms with Crippen LogP contribution in [0.5, 0.6) is 0 Å². The normalized spacial score (nSPS) is 11.4. The third-order valence-corrected chi connectivity index (χ3v) is 3.53. The number of allylic oxidation sites excluding steroid dienone is 1. The lowest BCUT2D eigenvalue weighted by Gasteiger charge is -2.02. The highest BCUT2D eigenvalue weighted by Crippen LogP contribution is 2.26. The first kappa shape index (κ1) is 15.5. The van der Waals surface area contributed by atoms with Crippen molar-refractivity contribution >= 4 is 28.7 Å². The molecule has 5 nitrogen and oxygen atoms in total. The van der Waals surface area contributed by atoms with Gasteiger partial charge in [0.1, 0.15) is 5.52 Å². The lowest BCUT2D eigenvalue weighted by atomic mass is 10.0. The lowest BCUT2D eigenvalue weighted by molar-refractivity contribution is -0.136. The van der Waals surface area contributed by atoms with Gasteiger partial charge in [-0.25, -0.2) is 4.98 Å². The Hall–Kier alpha value is -3.39. The number of fused-ring (bicyclic) bond motifs is 1. The average Bonchev–Trinajstić information content (AvgIpc) is 3.02. The van der Waals surface area contributed by atoms with Crippen LogP contribution in [0.15, 0.2) is 52.9 Å². The minimum Gasteiger partial charge on any atom is -0.481 e. The van der Waals surface area contributed by atoms with E-state index in [0.717, 1.165) is 11.1 Å². The number of nitriles is 1. The van der Waals surface area contributed by atoms with Gasteiger partial charge in [-0.2, -0.15) is 5.26 Å². The summed E-state index contributed by atoms with van der Waals surface area (Å²) in [5.74, 6) is -0.484. The summed E-state index contributed by atoms with van der Waals surface area (Å²) in [7, 11) is 0. The molecule has 0 saturated carbocycles. The maximum absolute atomic E-state index is 10.9. The summed E-state index contributed by atoms with van der Waals surface area (Å²) in [5.41, 5.74) is 3.40. The molecule has 0 fully saturated rings. The Morgan fingerprint density at radius 2 is 2.04 bits per heavy atom. The first-order chi connectivity index (χ1) is 11.7. The zero-order valence-electron chi connectivity index (χ0n) is 12.8. The number of nitrogens with zero attached hydrogens (tertiary/aromatic N) is 2. The quantitative estimate of drug-likeness (QED) is 0.765. The van der Waals surface area contributed by atoms with Gasteiger partial charge in [0.25, 0.3) is 0 Å². The molecule has 0 spiro atoms. The molecule has 1 aromatic heterocycles. The van der Waals surface area contributed by atoms with Gasteiger partial charge in [-0.05, 0) is 42.3 Å². The Balaban J connectivity index is 2.03. The molecule has 3 rings (SSSR count). The third kappa shape index (κ3) is 3.50. The summed E-state index contributed by atoms with van der Waals surface area (Å²) in [6, 6.07) is 16.6. The molecular weight excluding hydrogens is 304 g/mol. The number of aromatic nitrogens is 1. The second kappa shape index (κ2) is 6.80. The number of hydrogen-bond acceptors (Lipinski definition) is 4. The highest BCUT2D eigenvalue weighted by atomic mass is 16.4. The first-order valence-electron chi connectivity index (χ1n) is 7.44. The van der Waals surface area contributed by atoms with Gasteiger partial charge in [0.2, 0.25) is 5.89 Å². The number of rotatable bonds is 5. The Morgan fingerprint density at radius 3 is 2.79 bits per heavy atom. The Bertz CT molecular complexity index is 931. The van der Waals surface area contributed by atoms with E-state index in [9.17, 15) is 4.79 Å². The van der Waals surface area contributed by atoms with Crippen LogP contribution in [-0.2, 0) is 4.79 Å². The second-order valence-electron chi connectivity index (χ2n) is 5.29. The highest BCUT2D eigenvalue weighted by molar-refractivity contribution is 5.83. The van der Waals surface area contributed by atoms with E-state index in [0.29, 0.717) is 29.0 Å². The predicted octanol–water partition coefficient (Wildman–Crippen LogP) is 4.10. The number of para-hydroxylation sites is 2. The summed E-state index contributed by atoms with van der Waals surface area (Å²) in [6.07, 6.45) is 2.08. The van der Waals surface area contributed by atoms with Gasteiger partial charge in [0.15, 0.2) is 5.58 Å². The van der Waals surface area contributed by atoms with Crippen molar-refractivity contribution in [1.29, 1.82) is 5.26 Å². The molecule has 118 valence electrons. The molecule has 0 amide bonds. The smallest absolute Gasteiger partial charge is 0.303 e. The van der Waals surface area contributed by atoms with E-state index < -0.39 is 5.97 Å². The minimum atomic E-state index is -0.886. The van der Waals surface area contributed by atoms with E-state index in [1.807, 2.05) is 36.4 Å². The molecule has 0 aliphatic rings. The molecule has 0 saturated heterocycles. The summed E-state index contributed by atoms with van der Waals surface area (Å²) >= 11 is 0. The fraction of sp³-hybridized carbons (Fsp3) is 0.105. The van der Waals surface area contributed by atoms with Crippen molar-refractivity contribution in [3.8, 4) is 6.07 Å². The Labute approximate surface area is 138 Å². The average molecular weight is 318 g/mol. The van der Waals surface area contributed by atoms with E-state index >= 15 is 0 Å². The topological polar surface area (TPSA) is 87.1 Å². The van der Waals surface area contributed by atoms with Gasteiger partial charge < -0.3 is 9.52 Å². The van der Waals surface area contributed by atoms with Crippen LogP contribution in [0.1, 0.15) is 29.9 Å². The van der Waals surface area contributed by atoms with Crippen LogP contribution in [0.3, 0.4) is 0 Å². The van der Waals surface area contributed by atoms with Crippen LogP contribution in [-0.4, -0.2) is 16.1 Å². The molecule has 0 aliphatic heterocycles. The number of hydrogen-bond donors (Lipinski definition) is 1. The SMILES string of the molecule is N#Cc1cccc(C=C(CCC(=O)O)c2nc3ccccc3o2)c1. The van der Waals surface area contributed by atoms with Crippen molar-refractivity contribution in [3.63, 3.8) is 0 Å². The second-order valence-corrected chi connectivity index (χ2v) is 5.29. The van der Waals surface area contributed by atoms with E-state index in [2.05, 4.69) is 11.1 Å². The fourth-order valence-electron chi connectivity index (χ4n) is 2.39. The molecule has 0 bridgehead atoms. The highest BCUT2D eigenvalue weighted by Gasteiger charge is 2.12. The molecule has 5 heteroatoms. The van der Waals surface area contributed by atoms with Crippen LogP contribution in [0, 0.1) is 11.3 Å². The fourth-order valence-corrected chi connectivity index (χ4v) is 2.39. The molecule has 1 N–H and O–H groups in total. The Kier molecular flexibility index (Phi) is 4.39. The summed E-state index contributed by atoms with van der Waals surface area (Å²) in [6.45, 7) is 0. The number of benzene rings is 2. The molecule has 0 radical (unpaired) electrons. The molecule has 24 heavy (non-hydrogen) atoms.